The fourth-order valence-corrected chi connectivity index (χ4v) is 9.23. The van der Waals surface area contributed by atoms with Crippen LogP contribution in [0.2, 0.25) is 0 Å². The first kappa shape index (κ1) is 69.4. The Hall–Kier alpha value is -2.63. The monoisotopic (exact) mass is 1010 g/mol. The highest BCUT2D eigenvalue weighted by atomic mass is 16.6. The zero-order chi connectivity index (χ0) is 52.2. The van der Waals surface area contributed by atoms with Gasteiger partial charge in [-0.25, -0.2) is 0 Å². The Morgan fingerprint density at radius 1 is 0.278 bits per heavy atom. The number of hydrogen-bond donors (Lipinski definition) is 0. The van der Waals surface area contributed by atoms with Crippen molar-refractivity contribution in [3.63, 3.8) is 0 Å². The maximum atomic E-state index is 12.9. The third-order valence-electron chi connectivity index (χ3n) is 14.0. The van der Waals surface area contributed by atoms with Gasteiger partial charge >= 0.3 is 17.9 Å². The van der Waals surface area contributed by atoms with Gasteiger partial charge in [-0.3, -0.25) is 14.4 Å². The lowest BCUT2D eigenvalue weighted by Crippen LogP contribution is -2.30. The van der Waals surface area contributed by atoms with E-state index in [2.05, 4.69) is 69.4 Å². The summed E-state index contributed by atoms with van der Waals surface area (Å²) in [4.78, 5) is 38.3. The summed E-state index contributed by atoms with van der Waals surface area (Å²) in [6.07, 6.45) is 75.4. The Kier molecular flexibility index (Phi) is 58.7. The van der Waals surface area contributed by atoms with Crippen LogP contribution < -0.4 is 0 Å². The molecule has 1 atom stereocenters. The van der Waals surface area contributed by atoms with E-state index in [-0.39, 0.29) is 31.1 Å². The van der Waals surface area contributed by atoms with Crippen LogP contribution in [0.15, 0.2) is 48.6 Å². The van der Waals surface area contributed by atoms with Crippen LogP contribution in [0.5, 0.6) is 0 Å². The Balaban J connectivity index is 4.31. The summed E-state index contributed by atoms with van der Waals surface area (Å²) in [6, 6.07) is 0. The first-order valence-corrected chi connectivity index (χ1v) is 31.6. The first-order chi connectivity index (χ1) is 35.5. The second kappa shape index (κ2) is 60.9. The van der Waals surface area contributed by atoms with E-state index in [0.29, 0.717) is 19.3 Å². The molecule has 0 radical (unpaired) electrons. The lowest BCUT2D eigenvalue weighted by atomic mass is 10.0. The number of ether oxygens (including phenoxy) is 3. The van der Waals surface area contributed by atoms with E-state index in [9.17, 15) is 14.4 Å². The van der Waals surface area contributed by atoms with Crippen LogP contribution in [0.4, 0.5) is 0 Å². The highest BCUT2D eigenvalue weighted by Crippen LogP contribution is 2.16. The van der Waals surface area contributed by atoms with Gasteiger partial charge in [0.2, 0.25) is 0 Å². The minimum atomic E-state index is -0.779. The zero-order valence-electron chi connectivity index (χ0n) is 48.2. The van der Waals surface area contributed by atoms with E-state index in [1.54, 1.807) is 0 Å². The van der Waals surface area contributed by atoms with E-state index in [1.807, 2.05) is 0 Å². The Morgan fingerprint density at radius 3 is 0.778 bits per heavy atom. The van der Waals surface area contributed by atoms with Gasteiger partial charge in [0.15, 0.2) is 6.10 Å². The molecule has 0 heterocycles. The molecular formula is C66H120O6. The molecule has 6 nitrogen and oxygen atoms in total. The number of unbranched alkanes of at least 4 members (excludes halogenated alkanes) is 39. The number of carbonyl (C=O) groups excluding carboxylic acids is 3. The molecule has 420 valence electrons. The summed E-state index contributed by atoms with van der Waals surface area (Å²) in [7, 11) is 0. The topological polar surface area (TPSA) is 78.9 Å². The molecule has 0 amide bonds. The van der Waals surface area contributed by atoms with Crippen molar-refractivity contribution < 1.29 is 28.6 Å². The van der Waals surface area contributed by atoms with Crippen molar-refractivity contribution in [1.29, 1.82) is 0 Å². The molecule has 6 heteroatoms. The van der Waals surface area contributed by atoms with Crippen LogP contribution in [0.3, 0.4) is 0 Å². The molecular weight excluding hydrogens is 889 g/mol. The molecule has 1 unspecified atom stereocenters. The van der Waals surface area contributed by atoms with Gasteiger partial charge in [-0.1, -0.05) is 262 Å². The van der Waals surface area contributed by atoms with Crippen LogP contribution >= 0.6 is 0 Å². The quantitative estimate of drug-likeness (QED) is 0.0261. The Labute approximate surface area is 448 Å². The van der Waals surface area contributed by atoms with Crippen LogP contribution in [0, 0.1) is 0 Å². The SMILES string of the molecule is CCCCCCC/C=C\C/C=C\CCCCCCCCCCCCCC(=O)OCC(COC(=O)CCCCCCC/C=C\CCCCCCC)OC(=O)CCCCCCCCC/C=C\CCCCCCCC. The van der Waals surface area contributed by atoms with Crippen molar-refractivity contribution in [3.05, 3.63) is 48.6 Å². The van der Waals surface area contributed by atoms with E-state index in [0.717, 1.165) is 70.6 Å². The lowest BCUT2D eigenvalue weighted by Gasteiger charge is -2.18. The number of hydrogen-bond acceptors (Lipinski definition) is 6. The molecule has 0 aliphatic heterocycles. The van der Waals surface area contributed by atoms with E-state index < -0.39 is 6.10 Å². The van der Waals surface area contributed by atoms with Gasteiger partial charge in [-0.15, -0.1) is 0 Å². The zero-order valence-corrected chi connectivity index (χ0v) is 48.2. The van der Waals surface area contributed by atoms with Crippen molar-refractivity contribution in [2.45, 2.75) is 341 Å². The van der Waals surface area contributed by atoms with Gasteiger partial charge in [0.1, 0.15) is 13.2 Å². The van der Waals surface area contributed by atoms with Gasteiger partial charge in [0.25, 0.3) is 0 Å². The van der Waals surface area contributed by atoms with Crippen molar-refractivity contribution in [1.82, 2.24) is 0 Å². The highest BCUT2D eigenvalue weighted by molar-refractivity contribution is 5.71. The summed E-state index contributed by atoms with van der Waals surface area (Å²) in [5.41, 5.74) is 0. The molecule has 0 saturated carbocycles. The minimum Gasteiger partial charge on any atom is -0.462 e. The van der Waals surface area contributed by atoms with Gasteiger partial charge in [-0.05, 0) is 103 Å². The third kappa shape index (κ3) is 58.3. The minimum absolute atomic E-state index is 0.0763. The second-order valence-electron chi connectivity index (χ2n) is 21.3. The fourth-order valence-electron chi connectivity index (χ4n) is 9.23. The smallest absolute Gasteiger partial charge is 0.306 e. The van der Waals surface area contributed by atoms with Crippen LogP contribution in [-0.4, -0.2) is 37.2 Å². The van der Waals surface area contributed by atoms with Crippen LogP contribution in [0.25, 0.3) is 0 Å². The summed E-state index contributed by atoms with van der Waals surface area (Å²) in [5.74, 6) is -0.874. The molecule has 0 aliphatic carbocycles. The van der Waals surface area contributed by atoms with E-state index in [1.165, 1.54) is 225 Å². The molecule has 0 saturated heterocycles. The van der Waals surface area contributed by atoms with Gasteiger partial charge in [-0.2, -0.15) is 0 Å². The molecule has 0 aromatic carbocycles. The van der Waals surface area contributed by atoms with Crippen molar-refractivity contribution in [2.75, 3.05) is 13.2 Å². The molecule has 0 spiro atoms. The second-order valence-corrected chi connectivity index (χ2v) is 21.3. The van der Waals surface area contributed by atoms with E-state index >= 15 is 0 Å². The molecule has 0 aromatic heterocycles. The predicted octanol–water partition coefficient (Wildman–Crippen LogP) is 21.4. The molecule has 0 aliphatic rings. The summed E-state index contributed by atoms with van der Waals surface area (Å²) in [5, 5.41) is 0. The molecule has 72 heavy (non-hydrogen) atoms. The predicted molar refractivity (Wildman–Crippen MR) is 312 cm³/mol. The average Bonchev–Trinajstić information content (AvgIpc) is 3.38. The first-order valence-electron chi connectivity index (χ1n) is 31.6. The van der Waals surface area contributed by atoms with Gasteiger partial charge in [0.05, 0.1) is 0 Å². The summed E-state index contributed by atoms with van der Waals surface area (Å²) in [6.45, 7) is 6.65. The largest absolute Gasteiger partial charge is 0.462 e. The lowest BCUT2D eigenvalue weighted by molar-refractivity contribution is -0.167. The average molecular weight is 1010 g/mol. The molecule has 0 bridgehead atoms. The van der Waals surface area contributed by atoms with Gasteiger partial charge < -0.3 is 14.2 Å². The molecule has 0 fully saturated rings. The van der Waals surface area contributed by atoms with Crippen molar-refractivity contribution in [2.24, 2.45) is 0 Å². The van der Waals surface area contributed by atoms with Crippen molar-refractivity contribution >= 4 is 17.9 Å². The van der Waals surface area contributed by atoms with Gasteiger partial charge in [0, 0.05) is 19.3 Å². The molecule has 0 rings (SSSR count). The van der Waals surface area contributed by atoms with Crippen molar-refractivity contribution in [3.8, 4) is 0 Å². The number of carbonyl (C=O) groups is 3. The number of rotatable bonds is 58. The maximum absolute atomic E-state index is 12.9. The number of esters is 3. The Bertz CT molecular complexity index is 1250. The molecule has 0 N–H and O–H groups in total. The fraction of sp³-hybridized carbons (Fsp3) is 0.833. The maximum Gasteiger partial charge on any atom is 0.306 e. The third-order valence-corrected chi connectivity index (χ3v) is 14.0. The van der Waals surface area contributed by atoms with E-state index in [4.69, 9.17) is 14.2 Å². The highest BCUT2D eigenvalue weighted by Gasteiger charge is 2.19. The van der Waals surface area contributed by atoms with Crippen LogP contribution in [-0.2, 0) is 28.6 Å². The Morgan fingerprint density at radius 2 is 0.500 bits per heavy atom. The normalized spacial score (nSPS) is 12.3. The summed E-state index contributed by atoms with van der Waals surface area (Å²) >= 11 is 0. The molecule has 0 aromatic rings. The van der Waals surface area contributed by atoms with Crippen LogP contribution in [0.1, 0.15) is 335 Å². The number of allylic oxidation sites excluding steroid dienone is 8. The summed E-state index contributed by atoms with van der Waals surface area (Å²) < 4.78 is 16.9. The standard InChI is InChI=1S/C66H120O6/c1-4-7-10-13-16-19-22-25-28-30-31-32-33-34-35-37-38-41-44-47-50-53-56-59-65(68)71-62-63(61-70-64(67)58-55-52-49-46-43-40-27-24-21-18-15-12-9-6-3)72-66(69)60-57-54-51-48-45-42-39-36-29-26-23-20-17-14-11-8-5-2/h22,24-27,29-31,63H,4-21,23,28,32-62H2,1-3H3/b25-22-,27-24-,29-26-,31-30-.